The van der Waals surface area contributed by atoms with E-state index in [0.29, 0.717) is 12.2 Å². The minimum absolute atomic E-state index is 0.196. The van der Waals surface area contributed by atoms with Crippen LogP contribution in [0, 0.1) is 0 Å². The number of rotatable bonds is 4. The highest BCUT2D eigenvalue weighted by molar-refractivity contribution is 5.90. The van der Waals surface area contributed by atoms with Crippen molar-refractivity contribution >= 4 is 5.97 Å². The number of esters is 1. The molecule has 2 aromatic rings. The number of hydrogen-bond donors (Lipinski definition) is 0. The van der Waals surface area contributed by atoms with E-state index in [4.69, 9.17) is 4.74 Å². The largest absolute Gasteiger partial charge is 0.462 e. The van der Waals surface area contributed by atoms with E-state index in [1.54, 1.807) is 29.8 Å². The number of aromatic nitrogens is 4. The van der Waals surface area contributed by atoms with E-state index in [1.807, 2.05) is 19.9 Å². The average Bonchev–Trinajstić information content (AvgIpc) is 2.88. The van der Waals surface area contributed by atoms with E-state index < -0.39 is 0 Å². The Kier molecular flexibility index (Phi) is 3.89. The van der Waals surface area contributed by atoms with Crippen LogP contribution in [0.4, 0.5) is 0 Å². The van der Waals surface area contributed by atoms with Crippen molar-refractivity contribution in [3.05, 3.63) is 35.7 Å². The Morgan fingerprint density at radius 3 is 2.89 bits per heavy atom. The van der Waals surface area contributed by atoms with Gasteiger partial charge in [-0.1, -0.05) is 19.9 Å². The van der Waals surface area contributed by atoms with Crippen LogP contribution in [0.25, 0.3) is 5.69 Å². The van der Waals surface area contributed by atoms with Crippen molar-refractivity contribution in [2.24, 2.45) is 0 Å². The summed E-state index contributed by atoms with van der Waals surface area (Å²) in [7, 11) is 0. The lowest BCUT2D eigenvalue weighted by Gasteiger charge is -2.08. The zero-order valence-corrected chi connectivity index (χ0v) is 11.2. The fourth-order valence-electron chi connectivity index (χ4n) is 1.72. The molecule has 0 fully saturated rings. The molecule has 0 atom stereocenters. The minimum Gasteiger partial charge on any atom is -0.462 e. The van der Waals surface area contributed by atoms with Gasteiger partial charge in [-0.15, -0.1) is 5.10 Å². The topological polar surface area (TPSA) is 69.9 Å². The number of nitrogens with zero attached hydrogens (tertiary/aromatic N) is 4. The van der Waals surface area contributed by atoms with Crippen LogP contribution in [-0.2, 0) is 4.74 Å². The van der Waals surface area contributed by atoms with Gasteiger partial charge < -0.3 is 4.74 Å². The third-order valence-corrected chi connectivity index (χ3v) is 2.61. The van der Waals surface area contributed by atoms with Crippen LogP contribution in [0.3, 0.4) is 0 Å². The number of hydrogen-bond acceptors (Lipinski definition) is 5. The molecule has 0 aliphatic rings. The van der Waals surface area contributed by atoms with Gasteiger partial charge in [-0.2, -0.15) is 4.68 Å². The third-order valence-electron chi connectivity index (χ3n) is 2.61. The summed E-state index contributed by atoms with van der Waals surface area (Å²) in [5.41, 5.74) is 1.24. The molecule has 0 aliphatic heterocycles. The molecular weight excluding hydrogens is 244 g/mol. The first-order chi connectivity index (χ1) is 9.13. The maximum Gasteiger partial charge on any atom is 0.338 e. The van der Waals surface area contributed by atoms with E-state index >= 15 is 0 Å². The normalized spacial score (nSPS) is 10.7. The SMILES string of the molecule is CCOC(=O)c1cccc(-n2nnnc2C(C)C)c1. The molecule has 0 saturated heterocycles. The Hall–Kier alpha value is -2.24. The summed E-state index contributed by atoms with van der Waals surface area (Å²) in [5.74, 6) is 0.603. The molecule has 0 aliphatic carbocycles. The average molecular weight is 260 g/mol. The highest BCUT2D eigenvalue weighted by Gasteiger charge is 2.13. The first-order valence-corrected chi connectivity index (χ1v) is 6.19. The first kappa shape index (κ1) is 13.2. The zero-order valence-electron chi connectivity index (χ0n) is 11.2. The van der Waals surface area contributed by atoms with E-state index in [2.05, 4.69) is 15.5 Å². The van der Waals surface area contributed by atoms with Crippen molar-refractivity contribution in [1.82, 2.24) is 20.2 Å². The van der Waals surface area contributed by atoms with Crippen LogP contribution in [0.5, 0.6) is 0 Å². The molecule has 100 valence electrons. The van der Waals surface area contributed by atoms with Gasteiger partial charge in [0.25, 0.3) is 0 Å². The second-order valence-corrected chi connectivity index (χ2v) is 4.37. The van der Waals surface area contributed by atoms with Gasteiger partial charge in [-0.25, -0.2) is 4.79 Å². The third kappa shape index (κ3) is 2.78. The van der Waals surface area contributed by atoms with Crippen LogP contribution < -0.4 is 0 Å². The lowest BCUT2D eigenvalue weighted by atomic mass is 10.2. The highest BCUT2D eigenvalue weighted by atomic mass is 16.5. The van der Waals surface area contributed by atoms with Gasteiger partial charge in [-0.05, 0) is 35.5 Å². The van der Waals surface area contributed by atoms with Gasteiger partial charge >= 0.3 is 5.97 Å². The van der Waals surface area contributed by atoms with Crippen molar-refractivity contribution in [3.8, 4) is 5.69 Å². The molecule has 2 rings (SSSR count). The van der Waals surface area contributed by atoms with Gasteiger partial charge in [0.05, 0.1) is 17.9 Å². The van der Waals surface area contributed by atoms with E-state index in [1.165, 1.54) is 0 Å². The molecule has 0 amide bonds. The summed E-state index contributed by atoms with van der Waals surface area (Å²) in [6.07, 6.45) is 0. The molecule has 0 N–H and O–H groups in total. The Bertz CT molecular complexity index is 578. The molecular formula is C13H16N4O2. The molecule has 6 heteroatoms. The predicted octanol–water partition coefficient (Wildman–Crippen LogP) is 1.96. The van der Waals surface area contributed by atoms with E-state index in [-0.39, 0.29) is 11.9 Å². The number of ether oxygens (including phenoxy) is 1. The van der Waals surface area contributed by atoms with Gasteiger partial charge in [0, 0.05) is 5.92 Å². The maximum atomic E-state index is 11.7. The summed E-state index contributed by atoms with van der Waals surface area (Å²) in [5, 5.41) is 11.6. The molecule has 0 unspecified atom stereocenters. The van der Waals surface area contributed by atoms with Gasteiger partial charge in [0.2, 0.25) is 0 Å². The first-order valence-electron chi connectivity index (χ1n) is 6.19. The van der Waals surface area contributed by atoms with E-state index in [9.17, 15) is 4.79 Å². The Labute approximate surface area is 111 Å². The van der Waals surface area contributed by atoms with Crippen molar-refractivity contribution in [3.63, 3.8) is 0 Å². The standard InChI is InChI=1S/C13H16N4O2/c1-4-19-13(18)10-6-5-7-11(8-10)17-12(9(2)3)14-15-16-17/h5-9H,4H2,1-3H3. The molecule has 6 nitrogen and oxygen atoms in total. The van der Waals surface area contributed by atoms with E-state index in [0.717, 1.165) is 11.5 Å². The summed E-state index contributed by atoms with van der Waals surface area (Å²) in [6, 6.07) is 7.07. The Morgan fingerprint density at radius 1 is 1.42 bits per heavy atom. The molecule has 0 bridgehead atoms. The summed E-state index contributed by atoms with van der Waals surface area (Å²) < 4.78 is 6.61. The van der Waals surface area contributed by atoms with Gasteiger partial charge in [0.15, 0.2) is 5.82 Å². The fraction of sp³-hybridized carbons (Fsp3) is 0.385. The van der Waals surface area contributed by atoms with Crippen LogP contribution in [0.2, 0.25) is 0 Å². The minimum atomic E-state index is -0.344. The maximum absolute atomic E-state index is 11.7. The van der Waals surface area contributed by atoms with Crippen molar-refractivity contribution in [2.45, 2.75) is 26.7 Å². The highest BCUT2D eigenvalue weighted by Crippen LogP contribution is 2.16. The van der Waals surface area contributed by atoms with Crippen molar-refractivity contribution in [2.75, 3.05) is 6.61 Å². The zero-order chi connectivity index (χ0) is 13.8. The second kappa shape index (κ2) is 5.60. The molecule has 1 aromatic carbocycles. The summed E-state index contributed by atoms with van der Waals surface area (Å²) >= 11 is 0. The van der Waals surface area contributed by atoms with Crippen molar-refractivity contribution in [1.29, 1.82) is 0 Å². The Morgan fingerprint density at radius 2 is 2.21 bits per heavy atom. The molecule has 19 heavy (non-hydrogen) atoms. The number of benzene rings is 1. The van der Waals surface area contributed by atoms with Crippen LogP contribution >= 0.6 is 0 Å². The summed E-state index contributed by atoms with van der Waals surface area (Å²) in [4.78, 5) is 11.7. The molecule has 0 spiro atoms. The van der Waals surface area contributed by atoms with Gasteiger partial charge in [-0.3, -0.25) is 0 Å². The molecule has 0 radical (unpaired) electrons. The smallest absolute Gasteiger partial charge is 0.338 e. The van der Waals surface area contributed by atoms with Crippen molar-refractivity contribution < 1.29 is 9.53 Å². The van der Waals surface area contributed by atoms with Crippen LogP contribution in [-0.4, -0.2) is 32.8 Å². The summed E-state index contributed by atoms with van der Waals surface area (Å²) in [6.45, 7) is 6.15. The second-order valence-electron chi connectivity index (χ2n) is 4.37. The quantitative estimate of drug-likeness (QED) is 0.786. The van der Waals surface area contributed by atoms with Crippen LogP contribution in [0.15, 0.2) is 24.3 Å². The monoisotopic (exact) mass is 260 g/mol. The lowest BCUT2D eigenvalue weighted by molar-refractivity contribution is 0.0526. The predicted molar refractivity (Wildman–Crippen MR) is 69.2 cm³/mol. The Balaban J connectivity index is 2.38. The van der Waals surface area contributed by atoms with Gasteiger partial charge in [0.1, 0.15) is 0 Å². The fourth-order valence-corrected chi connectivity index (χ4v) is 1.72. The number of carbonyl (C=O) groups excluding carboxylic acids is 1. The van der Waals surface area contributed by atoms with Crippen LogP contribution in [0.1, 0.15) is 42.9 Å². The number of carbonyl (C=O) groups is 1. The lowest BCUT2D eigenvalue weighted by Crippen LogP contribution is -2.08. The molecule has 0 saturated carbocycles. The number of tetrazole rings is 1. The molecule has 1 heterocycles. The molecule has 1 aromatic heterocycles.